The fourth-order valence-electron chi connectivity index (χ4n) is 8.16. The van der Waals surface area contributed by atoms with Crippen LogP contribution in [-0.2, 0) is 32.3 Å². The number of aliphatic hydroxyl groups is 2. The predicted molar refractivity (Wildman–Crippen MR) is 269 cm³/mol. The molecule has 0 saturated carbocycles. The minimum absolute atomic E-state index is 0.000590. The van der Waals surface area contributed by atoms with Gasteiger partial charge in [-0.1, -0.05) is 57.4 Å². The molecule has 5 aromatic rings. The Labute approximate surface area is 418 Å². The smallest absolute Gasteiger partial charge is 0.246 e. The number of nitrogens with one attached hydrogen (secondary N) is 4. The number of nitrogens with zero attached hydrogens (tertiary/aromatic N) is 7. The summed E-state index contributed by atoms with van der Waals surface area (Å²) < 4.78 is 12.9. The van der Waals surface area contributed by atoms with Crippen LogP contribution in [0.3, 0.4) is 0 Å². The number of hydrogen-bond acceptors (Lipinski definition) is 16. The Morgan fingerprint density at radius 2 is 1.72 bits per heavy atom. The number of nitrogens with two attached hydrogens (primary N) is 1. The van der Waals surface area contributed by atoms with Crippen molar-refractivity contribution >= 4 is 51.8 Å². The van der Waals surface area contributed by atoms with Crippen molar-refractivity contribution in [2.24, 2.45) is 5.41 Å². The molecule has 0 radical (unpaired) electrons. The van der Waals surface area contributed by atoms with Gasteiger partial charge in [0, 0.05) is 45.4 Å². The van der Waals surface area contributed by atoms with Crippen LogP contribution >= 0.6 is 11.3 Å². The summed E-state index contributed by atoms with van der Waals surface area (Å²) in [6.45, 7) is 15.6. The number of aliphatic hydroxyl groups excluding tert-OH is 1. The normalized spacial score (nSPS) is 15.3. The van der Waals surface area contributed by atoms with E-state index in [-0.39, 0.29) is 55.2 Å². The first-order valence-electron chi connectivity index (χ1n) is 24.2. The molecule has 1 aliphatic rings. The van der Waals surface area contributed by atoms with Crippen LogP contribution < -0.4 is 31.7 Å². The van der Waals surface area contributed by atoms with Crippen molar-refractivity contribution in [2.75, 3.05) is 38.5 Å². The SMILES string of the molecule is CCn1c(-c2nonc2N)nc2c(C#CC(C)(C)O)ncc(OCCCNCCCC(=O)NCCCCCC(=O)NC(C(=O)N3CC(O)CC3C(=O)NCc3ccc(-c4scnc4C)cc3)C(C)(C)C)c21. The minimum atomic E-state index is -1.24. The number of ether oxygens (including phenoxy) is 1. The lowest BCUT2D eigenvalue weighted by molar-refractivity contribution is -0.144. The third-order valence-corrected chi connectivity index (χ3v) is 12.9. The maximum absolute atomic E-state index is 14.0. The van der Waals surface area contributed by atoms with Crippen LogP contribution in [0.4, 0.5) is 5.82 Å². The molecule has 1 aromatic carbocycles. The van der Waals surface area contributed by atoms with Gasteiger partial charge >= 0.3 is 0 Å². The molecule has 1 saturated heterocycles. The summed E-state index contributed by atoms with van der Waals surface area (Å²) in [6.07, 6.45) is 4.71. The molecule has 0 spiro atoms. The number of aromatic nitrogens is 6. The van der Waals surface area contributed by atoms with Gasteiger partial charge in [0.05, 0.1) is 35.0 Å². The highest BCUT2D eigenvalue weighted by atomic mass is 32.1. The number of thiazole rings is 1. The van der Waals surface area contributed by atoms with Gasteiger partial charge in [-0.15, -0.1) is 11.3 Å². The minimum Gasteiger partial charge on any atom is -0.490 e. The molecule has 0 aliphatic carbocycles. The van der Waals surface area contributed by atoms with E-state index in [0.717, 1.165) is 21.7 Å². The molecule has 20 nitrogen and oxygen atoms in total. The molecule has 3 unspecified atom stereocenters. The highest BCUT2D eigenvalue weighted by Gasteiger charge is 2.44. The molecule has 21 heteroatoms. The fraction of sp³-hybridized carbons (Fsp3) is 0.540. The zero-order valence-corrected chi connectivity index (χ0v) is 42.6. The lowest BCUT2D eigenvalue weighted by atomic mass is 9.85. The molecule has 0 bridgehead atoms. The lowest BCUT2D eigenvalue weighted by Crippen LogP contribution is -2.57. The van der Waals surface area contributed by atoms with E-state index >= 15 is 0 Å². The number of hydrogen-bond donors (Lipinski definition) is 7. The van der Waals surface area contributed by atoms with Gasteiger partial charge in [0.1, 0.15) is 34.4 Å². The summed E-state index contributed by atoms with van der Waals surface area (Å²) in [5.41, 5.74) is 10.6. The van der Waals surface area contributed by atoms with E-state index in [2.05, 4.69) is 53.4 Å². The molecular weight excluding hydrogens is 929 g/mol. The van der Waals surface area contributed by atoms with Crippen molar-refractivity contribution in [3.8, 4) is 39.5 Å². The van der Waals surface area contributed by atoms with E-state index in [1.165, 1.54) is 4.90 Å². The van der Waals surface area contributed by atoms with E-state index < -0.39 is 35.1 Å². The molecule has 4 amide bonds. The van der Waals surface area contributed by atoms with E-state index in [1.807, 2.05) is 69.0 Å². The number of imidazole rings is 1. The van der Waals surface area contributed by atoms with E-state index in [0.29, 0.717) is 99.6 Å². The summed E-state index contributed by atoms with van der Waals surface area (Å²) in [6, 6.07) is 6.10. The van der Waals surface area contributed by atoms with Gasteiger partial charge in [-0.05, 0) is 99.2 Å². The summed E-state index contributed by atoms with van der Waals surface area (Å²) >= 11 is 1.57. The quantitative estimate of drug-likeness (QED) is 0.0356. The Bertz CT molecular complexity index is 2670. The number of anilines is 1. The second-order valence-corrected chi connectivity index (χ2v) is 20.2. The Hall–Kier alpha value is -6.47. The van der Waals surface area contributed by atoms with Crippen LogP contribution in [0.1, 0.15) is 110 Å². The third-order valence-electron chi connectivity index (χ3n) is 11.9. The van der Waals surface area contributed by atoms with Gasteiger partial charge < -0.3 is 51.4 Å². The molecule has 5 heterocycles. The molecule has 4 aromatic heterocycles. The number of carbonyl (C=O) groups excluding carboxylic acids is 4. The molecule has 71 heavy (non-hydrogen) atoms. The monoisotopic (exact) mass is 997 g/mol. The van der Waals surface area contributed by atoms with Crippen LogP contribution in [0.25, 0.3) is 33.0 Å². The molecule has 1 aliphatic heterocycles. The van der Waals surface area contributed by atoms with Gasteiger partial charge in [-0.2, -0.15) is 0 Å². The second kappa shape index (κ2) is 24.6. The Morgan fingerprint density at radius 3 is 2.39 bits per heavy atom. The van der Waals surface area contributed by atoms with Crippen LogP contribution in [0, 0.1) is 24.2 Å². The number of carbonyl (C=O) groups is 4. The highest BCUT2D eigenvalue weighted by molar-refractivity contribution is 7.13. The number of pyridine rings is 1. The van der Waals surface area contributed by atoms with Crippen molar-refractivity contribution in [1.29, 1.82) is 0 Å². The van der Waals surface area contributed by atoms with Crippen molar-refractivity contribution in [2.45, 2.75) is 137 Å². The zero-order chi connectivity index (χ0) is 51.3. The molecule has 3 atom stereocenters. The van der Waals surface area contributed by atoms with E-state index in [1.54, 1.807) is 31.4 Å². The second-order valence-electron chi connectivity index (χ2n) is 19.3. The number of amides is 4. The largest absolute Gasteiger partial charge is 0.490 e. The van der Waals surface area contributed by atoms with Gasteiger partial charge in [-0.25, -0.2) is 19.6 Å². The number of unbranched alkanes of at least 4 members (excludes halogenated alkanes) is 2. The van der Waals surface area contributed by atoms with Crippen molar-refractivity contribution in [3.05, 3.63) is 52.9 Å². The fourth-order valence-corrected chi connectivity index (χ4v) is 8.97. The maximum Gasteiger partial charge on any atom is 0.246 e. The number of nitrogen functional groups attached to an aromatic ring is 1. The number of fused-ring (bicyclic) bond motifs is 1. The molecule has 8 N–H and O–H groups in total. The molecule has 6 rings (SSSR count). The van der Waals surface area contributed by atoms with Crippen LogP contribution in [0.5, 0.6) is 5.75 Å². The first kappa shape index (κ1) is 53.9. The number of rotatable bonds is 23. The van der Waals surface area contributed by atoms with Crippen molar-refractivity contribution in [3.63, 3.8) is 0 Å². The van der Waals surface area contributed by atoms with E-state index in [9.17, 15) is 29.4 Å². The number of benzene rings is 1. The Kier molecular flexibility index (Phi) is 18.7. The summed E-state index contributed by atoms with van der Waals surface area (Å²) in [4.78, 5) is 69.2. The number of aryl methyl sites for hydroxylation is 2. The first-order chi connectivity index (χ1) is 33.8. The molecule has 382 valence electrons. The van der Waals surface area contributed by atoms with Gasteiger partial charge in [-0.3, -0.25) is 19.2 Å². The Balaban J connectivity index is 0.857. The average Bonchev–Trinajstić information content (AvgIpc) is 4.14. The standard InChI is InChI=1S/C50H68N12O8S/c1-8-61-42-37(28-54-35(20-21-50(6,7)68)40(42)58-46(61)41-45(51)60-70-59-41)69-25-13-23-52-22-12-15-38(64)53-24-11-9-10-14-39(65)57-44(49(3,4)5)48(67)62-29-34(63)26-36(62)47(66)55-27-32-16-18-33(19-17-32)43-31(2)56-30-71-43/h16-19,28,30,34,36,44,52,63,68H,8-15,22-27,29H2,1-7H3,(H2,51,60)(H,53,64)(H,55,66)(H,57,65). The Morgan fingerprint density at radius 1 is 0.972 bits per heavy atom. The van der Waals surface area contributed by atoms with Gasteiger partial charge in [0.2, 0.25) is 23.6 Å². The zero-order valence-electron chi connectivity index (χ0n) is 41.8. The summed E-state index contributed by atoms with van der Waals surface area (Å²) in [5.74, 6) is 5.65. The first-order valence-corrected chi connectivity index (χ1v) is 25.1. The summed E-state index contributed by atoms with van der Waals surface area (Å²) in [7, 11) is 0. The van der Waals surface area contributed by atoms with Crippen LogP contribution in [-0.4, -0.2) is 125 Å². The van der Waals surface area contributed by atoms with Crippen molar-refractivity contribution in [1.82, 2.24) is 56.0 Å². The summed E-state index contributed by atoms with van der Waals surface area (Å²) in [5, 5.41) is 40.6. The number of likely N-dealkylation sites (tertiary alicyclic amines) is 1. The van der Waals surface area contributed by atoms with Crippen molar-refractivity contribution < 1.29 is 38.8 Å². The number of β-amino-alcohol motifs (C(OH)–C–C–N with tert-alkyl or cyclic N) is 1. The maximum atomic E-state index is 14.0. The van der Waals surface area contributed by atoms with E-state index in [4.69, 9.17) is 20.1 Å². The topological polar surface area (TPSA) is 278 Å². The van der Waals surface area contributed by atoms with Gasteiger partial charge in [0.15, 0.2) is 23.1 Å². The lowest BCUT2D eigenvalue weighted by Gasteiger charge is -2.35. The third kappa shape index (κ3) is 14.8. The van der Waals surface area contributed by atoms with Crippen LogP contribution in [0.2, 0.25) is 0 Å². The van der Waals surface area contributed by atoms with Gasteiger partial charge in [0.25, 0.3) is 0 Å². The highest BCUT2D eigenvalue weighted by Crippen LogP contribution is 2.34. The molecule has 1 fully saturated rings. The predicted octanol–water partition coefficient (Wildman–Crippen LogP) is 4.26. The molecular formula is C50H68N12O8S. The van der Waals surface area contributed by atoms with Crippen LogP contribution in [0.15, 0.2) is 40.6 Å². The average molecular weight is 997 g/mol.